The van der Waals surface area contributed by atoms with Crippen LogP contribution in [-0.2, 0) is 9.53 Å². The summed E-state index contributed by atoms with van der Waals surface area (Å²) < 4.78 is 24.1. The number of benzene rings is 1. The Kier molecular flexibility index (Phi) is 2.93. The number of nitrogens with zero attached hydrogens (tertiary/aromatic N) is 1. The van der Waals surface area contributed by atoms with Gasteiger partial charge in [0.25, 0.3) is 5.91 Å². The summed E-state index contributed by atoms with van der Waals surface area (Å²) >= 11 is 0. The van der Waals surface area contributed by atoms with Crippen LogP contribution in [0.1, 0.15) is 13.3 Å². The van der Waals surface area contributed by atoms with Crippen LogP contribution in [0.4, 0.5) is 4.39 Å². The van der Waals surface area contributed by atoms with Gasteiger partial charge in [0.2, 0.25) is 0 Å². The molecule has 2 aliphatic heterocycles. The molecule has 2 saturated heterocycles. The zero-order chi connectivity index (χ0) is 13.5. The molecule has 3 rings (SSSR count). The van der Waals surface area contributed by atoms with Crippen molar-refractivity contribution in [2.24, 2.45) is 0 Å². The third-order valence-corrected chi connectivity index (χ3v) is 3.87. The molecular formula is C14H16FNO3. The number of carbonyl (C=O) groups is 1. The summed E-state index contributed by atoms with van der Waals surface area (Å²) in [6.07, 6.45) is 0.292. The third kappa shape index (κ3) is 1.98. The molecule has 0 aliphatic carbocycles. The highest BCUT2D eigenvalue weighted by Crippen LogP contribution is 2.37. The van der Waals surface area contributed by atoms with Gasteiger partial charge in [-0.15, -0.1) is 0 Å². The number of hydrogen-bond donors (Lipinski definition) is 0. The van der Waals surface area contributed by atoms with E-state index in [4.69, 9.17) is 9.47 Å². The number of para-hydroxylation sites is 1. The maximum absolute atomic E-state index is 13.5. The van der Waals surface area contributed by atoms with Crippen LogP contribution in [0, 0.1) is 5.82 Å². The molecular weight excluding hydrogens is 249 g/mol. The van der Waals surface area contributed by atoms with Gasteiger partial charge in [0.05, 0.1) is 18.8 Å². The lowest BCUT2D eigenvalue weighted by Crippen LogP contribution is -2.73. The van der Waals surface area contributed by atoms with Gasteiger partial charge >= 0.3 is 0 Å². The van der Waals surface area contributed by atoms with E-state index in [0.29, 0.717) is 13.2 Å². The highest BCUT2D eigenvalue weighted by atomic mass is 19.1. The molecule has 2 aliphatic rings. The van der Waals surface area contributed by atoms with E-state index in [2.05, 4.69) is 0 Å². The Morgan fingerprint density at radius 1 is 1.47 bits per heavy atom. The molecule has 0 bridgehead atoms. The quantitative estimate of drug-likeness (QED) is 0.833. The summed E-state index contributed by atoms with van der Waals surface area (Å²) in [5, 5.41) is 0. The van der Waals surface area contributed by atoms with E-state index in [-0.39, 0.29) is 17.2 Å². The molecule has 0 aromatic heterocycles. The maximum Gasteiger partial charge on any atom is 0.263 e. The van der Waals surface area contributed by atoms with Crippen LogP contribution in [-0.4, -0.2) is 42.2 Å². The Bertz CT molecular complexity index is 496. The number of amides is 1. The monoisotopic (exact) mass is 265 g/mol. The minimum absolute atomic E-state index is 0.0993. The van der Waals surface area contributed by atoms with Crippen LogP contribution in [0.15, 0.2) is 24.3 Å². The number of rotatable bonds is 3. The van der Waals surface area contributed by atoms with Crippen molar-refractivity contribution >= 4 is 5.91 Å². The van der Waals surface area contributed by atoms with Gasteiger partial charge < -0.3 is 14.4 Å². The van der Waals surface area contributed by atoms with Crippen molar-refractivity contribution in [3.05, 3.63) is 30.1 Å². The minimum Gasteiger partial charge on any atom is -0.478 e. The van der Waals surface area contributed by atoms with Crippen molar-refractivity contribution < 1.29 is 18.7 Å². The lowest BCUT2D eigenvalue weighted by Gasteiger charge is -2.57. The summed E-state index contributed by atoms with van der Waals surface area (Å²) in [6, 6.07) is 6.11. The van der Waals surface area contributed by atoms with Crippen molar-refractivity contribution in [3.63, 3.8) is 0 Å². The number of carbonyl (C=O) groups excluding carboxylic acids is 1. The first-order valence-corrected chi connectivity index (χ1v) is 6.43. The van der Waals surface area contributed by atoms with Crippen LogP contribution < -0.4 is 4.74 Å². The molecule has 2 fully saturated rings. The summed E-state index contributed by atoms with van der Waals surface area (Å²) in [5.74, 6) is -0.437. The van der Waals surface area contributed by atoms with E-state index in [1.807, 2.05) is 0 Å². The minimum atomic E-state index is -0.685. The van der Waals surface area contributed by atoms with Crippen molar-refractivity contribution in [1.29, 1.82) is 0 Å². The first kappa shape index (κ1) is 12.4. The smallest absolute Gasteiger partial charge is 0.263 e. The van der Waals surface area contributed by atoms with Gasteiger partial charge in [0, 0.05) is 6.54 Å². The second-order valence-electron chi connectivity index (χ2n) is 5.15. The summed E-state index contributed by atoms with van der Waals surface area (Å²) in [6.45, 7) is 3.59. The molecule has 1 aromatic carbocycles. The molecule has 1 atom stereocenters. The van der Waals surface area contributed by atoms with Gasteiger partial charge in [0.1, 0.15) is 0 Å². The first-order valence-electron chi connectivity index (χ1n) is 6.43. The van der Waals surface area contributed by atoms with E-state index in [9.17, 15) is 9.18 Å². The van der Waals surface area contributed by atoms with Crippen LogP contribution in [0.25, 0.3) is 0 Å². The summed E-state index contributed by atoms with van der Waals surface area (Å²) in [7, 11) is 0. The number of hydrogen-bond acceptors (Lipinski definition) is 3. The first-order chi connectivity index (χ1) is 9.12. The molecule has 1 aromatic rings. The zero-order valence-electron chi connectivity index (χ0n) is 10.8. The average molecular weight is 265 g/mol. The Balaban J connectivity index is 1.66. The Morgan fingerprint density at radius 3 is 2.74 bits per heavy atom. The van der Waals surface area contributed by atoms with Gasteiger partial charge in [-0.2, -0.15) is 0 Å². The second kappa shape index (κ2) is 4.49. The van der Waals surface area contributed by atoms with Crippen LogP contribution in [0.2, 0.25) is 0 Å². The SMILES string of the molecule is CC(Oc1ccccc1F)C(=O)N1CCC12COC2. The normalized spacial score (nSPS) is 21.5. The number of likely N-dealkylation sites (tertiary alicyclic amines) is 1. The van der Waals surface area contributed by atoms with Gasteiger partial charge in [-0.3, -0.25) is 4.79 Å². The summed E-state index contributed by atoms with van der Waals surface area (Å²) in [4.78, 5) is 14.1. The molecule has 0 saturated carbocycles. The second-order valence-corrected chi connectivity index (χ2v) is 5.15. The van der Waals surface area contributed by atoms with Crippen LogP contribution >= 0.6 is 0 Å². The van der Waals surface area contributed by atoms with Crippen molar-refractivity contribution in [1.82, 2.24) is 4.90 Å². The topological polar surface area (TPSA) is 38.8 Å². The molecule has 19 heavy (non-hydrogen) atoms. The highest BCUT2D eigenvalue weighted by Gasteiger charge is 2.53. The van der Waals surface area contributed by atoms with Gasteiger partial charge in [-0.1, -0.05) is 12.1 Å². The molecule has 0 N–H and O–H groups in total. The molecule has 1 amide bonds. The molecule has 102 valence electrons. The molecule has 5 heteroatoms. The Labute approximate surface area is 111 Å². The molecule has 4 nitrogen and oxygen atoms in total. The van der Waals surface area contributed by atoms with E-state index < -0.39 is 11.9 Å². The lowest BCUT2D eigenvalue weighted by molar-refractivity contribution is -0.204. The Morgan fingerprint density at radius 2 is 2.21 bits per heavy atom. The van der Waals surface area contributed by atoms with Crippen molar-refractivity contribution in [2.45, 2.75) is 25.0 Å². The zero-order valence-corrected chi connectivity index (χ0v) is 10.8. The van der Waals surface area contributed by atoms with Gasteiger partial charge in [-0.25, -0.2) is 4.39 Å². The predicted octanol–water partition coefficient (Wildman–Crippen LogP) is 1.59. The van der Waals surface area contributed by atoms with Crippen LogP contribution in [0.5, 0.6) is 5.75 Å². The van der Waals surface area contributed by atoms with Gasteiger partial charge in [-0.05, 0) is 25.5 Å². The summed E-state index contributed by atoms with van der Waals surface area (Å²) in [5.41, 5.74) is -0.107. The van der Waals surface area contributed by atoms with Crippen molar-refractivity contribution in [2.75, 3.05) is 19.8 Å². The Hall–Kier alpha value is -1.62. The van der Waals surface area contributed by atoms with Crippen molar-refractivity contribution in [3.8, 4) is 5.75 Å². The molecule has 1 unspecified atom stereocenters. The molecule has 2 heterocycles. The van der Waals surface area contributed by atoms with E-state index in [0.717, 1.165) is 13.0 Å². The predicted molar refractivity (Wildman–Crippen MR) is 66.4 cm³/mol. The molecule has 1 spiro atoms. The molecule has 0 radical (unpaired) electrons. The maximum atomic E-state index is 13.5. The van der Waals surface area contributed by atoms with Gasteiger partial charge in [0.15, 0.2) is 17.7 Å². The van der Waals surface area contributed by atoms with E-state index in [1.165, 1.54) is 12.1 Å². The lowest BCUT2D eigenvalue weighted by atomic mass is 9.82. The van der Waals surface area contributed by atoms with E-state index in [1.54, 1.807) is 24.0 Å². The third-order valence-electron chi connectivity index (χ3n) is 3.87. The fourth-order valence-corrected chi connectivity index (χ4v) is 2.52. The van der Waals surface area contributed by atoms with Crippen LogP contribution in [0.3, 0.4) is 0 Å². The van der Waals surface area contributed by atoms with E-state index >= 15 is 0 Å². The highest BCUT2D eigenvalue weighted by molar-refractivity contribution is 5.82. The number of halogens is 1. The fourth-order valence-electron chi connectivity index (χ4n) is 2.52. The largest absolute Gasteiger partial charge is 0.478 e. The average Bonchev–Trinajstić information content (AvgIpc) is 2.28. The fraction of sp³-hybridized carbons (Fsp3) is 0.500. The number of ether oxygens (including phenoxy) is 2. The standard InChI is InChI=1S/C14H16FNO3/c1-10(19-12-5-3-2-4-11(12)15)13(17)16-7-6-14(16)8-18-9-14/h2-5,10H,6-9H2,1H3.